The summed E-state index contributed by atoms with van der Waals surface area (Å²) in [5.41, 5.74) is 0.644. The quantitative estimate of drug-likeness (QED) is 0.710. The monoisotopic (exact) mass is 332 g/mol. The molecule has 2 rings (SSSR count). The van der Waals surface area contributed by atoms with Gasteiger partial charge in [-0.25, -0.2) is 4.79 Å². The fraction of sp³-hybridized carbons (Fsp3) is 0.250. The van der Waals surface area contributed by atoms with Gasteiger partial charge in [-0.2, -0.15) is 0 Å². The first-order chi connectivity index (χ1) is 8.02. The van der Waals surface area contributed by atoms with Crippen molar-refractivity contribution in [2.45, 2.75) is 13.8 Å². The van der Waals surface area contributed by atoms with Crippen LogP contribution in [0.15, 0.2) is 27.4 Å². The average molecular weight is 333 g/mol. The minimum Gasteiger partial charge on any atom is -0.465 e. The van der Waals surface area contributed by atoms with Crippen LogP contribution in [-0.2, 0) is 4.74 Å². The van der Waals surface area contributed by atoms with Crippen LogP contribution < -0.4 is 0 Å². The molecule has 2 nitrogen and oxygen atoms in total. The van der Waals surface area contributed by atoms with Gasteiger partial charge >= 0.3 is 5.97 Å². The Hall–Kier alpha value is -0.650. The largest absolute Gasteiger partial charge is 0.465 e. The van der Waals surface area contributed by atoms with E-state index in [1.165, 1.54) is 16.5 Å². The number of hydrogen-bond donors (Lipinski definition) is 0. The number of halogens is 1. The van der Waals surface area contributed by atoms with E-state index in [2.05, 4.69) is 39.0 Å². The van der Waals surface area contributed by atoms with E-state index >= 15 is 0 Å². The SMILES string of the molecule is COC(=O)c1csc(C)c1.Cc1cc(Br)cs1. The Bertz CT molecular complexity index is 472. The summed E-state index contributed by atoms with van der Waals surface area (Å²) >= 11 is 6.65. The zero-order valence-electron chi connectivity index (χ0n) is 9.82. The molecule has 0 unspecified atom stereocenters. The lowest BCUT2D eigenvalue weighted by Gasteiger charge is -1.90. The molecule has 0 atom stereocenters. The summed E-state index contributed by atoms with van der Waals surface area (Å²) in [6.07, 6.45) is 0. The van der Waals surface area contributed by atoms with Gasteiger partial charge in [-0.1, -0.05) is 0 Å². The van der Waals surface area contributed by atoms with Crippen molar-refractivity contribution in [3.63, 3.8) is 0 Å². The van der Waals surface area contributed by atoms with Crippen molar-refractivity contribution < 1.29 is 9.53 Å². The molecule has 2 aromatic rings. The lowest BCUT2D eigenvalue weighted by Crippen LogP contribution is -1.97. The third-order valence-corrected chi connectivity index (χ3v) is 4.33. The molecule has 0 fully saturated rings. The molecule has 0 saturated heterocycles. The molecule has 0 aliphatic heterocycles. The number of methoxy groups -OCH3 is 1. The van der Waals surface area contributed by atoms with Crippen LogP contribution in [0.5, 0.6) is 0 Å². The minimum absolute atomic E-state index is 0.260. The summed E-state index contributed by atoms with van der Waals surface area (Å²) in [7, 11) is 1.38. The third kappa shape index (κ3) is 5.02. The van der Waals surface area contributed by atoms with Gasteiger partial charge in [0.15, 0.2) is 0 Å². The van der Waals surface area contributed by atoms with Crippen molar-refractivity contribution in [1.82, 2.24) is 0 Å². The highest BCUT2D eigenvalue weighted by molar-refractivity contribution is 9.10. The normalized spacial score (nSPS) is 9.41. The smallest absolute Gasteiger partial charge is 0.338 e. The van der Waals surface area contributed by atoms with Crippen LogP contribution in [0.25, 0.3) is 0 Å². The lowest BCUT2D eigenvalue weighted by atomic mass is 10.3. The Morgan fingerprint density at radius 2 is 1.76 bits per heavy atom. The molecule has 0 aliphatic rings. The van der Waals surface area contributed by atoms with Crippen LogP contribution in [-0.4, -0.2) is 13.1 Å². The zero-order valence-corrected chi connectivity index (χ0v) is 13.0. The van der Waals surface area contributed by atoms with Crippen LogP contribution >= 0.6 is 38.6 Å². The zero-order chi connectivity index (χ0) is 12.8. The molecule has 0 amide bonds. The topological polar surface area (TPSA) is 26.3 Å². The molecular formula is C12H13BrO2S2. The molecule has 17 heavy (non-hydrogen) atoms. The fourth-order valence-corrected chi connectivity index (χ4v) is 3.09. The molecular weight excluding hydrogens is 320 g/mol. The second kappa shape index (κ2) is 6.93. The van der Waals surface area contributed by atoms with Crippen LogP contribution in [0, 0.1) is 13.8 Å². The van der Waals surface area contributed by atoms with Crippen molar-refractivity contribution in [2.24, 2.45) is 0 Å². The van der Waals surface area contributed by atoms with E-state index in [1.54, 1.807) is 28.1 Å². The molecule has 0 bridgehead atoms. The predicted molar refractivity (Wildman–Crippen MR) is 77.2 cm³/mol. The Kier molecular flexibility index (Phi) is 5.88. The number of carbonyl (C=O) groups is 1. The van der Waals surface area contributed by atoms with Crippen LogP contribution in [0.4, 0.5) is 0 Å². The van der Waals surface area contributed by atoms with Gasteiger partial charge < -0.3 is 4.74 Å². The average Bonchev–Trinajstić information content (AvgIpc) is 2.87. The first kappa shape index (κ1) is 14.4. The van der Waals surface area contributed by atoms with Gasteiger partial charge in [0.2, 0.25) is 0 Å². The van der Waals surface area contributed by atoms with Crippen LogP contribution in [0.2, 0.25) is 0 Å². The number of aryl methyl sites for hydroxylation is 2. The molecule has 0 saturated carbocycles. The second-order valence-corrected chi connectivity index (χ2v) is 6.46. The van der Waals surface area contributed by atoms with E-state index < -0.39 is 0 Å². The fourth-order valence-electron chi connectivity index (χ4n) is 1.08. The van der Waals surface area contributed by atoms with Gasteiger partial charge in [0.05, 0.1) is 12.7 Å². The molecule has 0 aliphatic carbocycles. The molecule has 0 N–H and O–H groups in total. The predicted octanol–water partition coefficient (Wildman–Crippen LogP) is 4.66. The van der Waals surface area contributed by atoms with E-state index in [-0.39, 0.29) is 5.97 Å². The summed E-state index contributed by atoms with van der Waals surface area (Å²) in [6.45, 7) is 4.05. The van der Waals surface area contributed by atoms with Gasteiger partial charge in [-0.3, -0.25) is 0 Å². The van der Waals surface area contributed by atoms with Gasteiger partial charge in [0.25, 0.3) is 0 Å². The highest BCUT2D eigenvalue weighted by Gasteiger charge is 2.05. The van der Waals surface area contributed by atoms with Crippen molar-refractivity contribution in [2.75, 3.05) is 7.11 Å². The standard InChI is InChI=1S/C7H8O2S.C5H5BrS/c1-5-3-6(4-10-5)7(8)9-2;1-4-2-5(6)3-7-4/h3-4H,1-2H3;2-3H,1H3. The van der Waals surface area contributed by atoms with Crippen molar-refractivity contribution in [1.29, 1.82) is 0 Å². The number of ether oxygens (including phenoxy) is 1. The molecule has 0 spiro atoms. The highest BCUT2D eigenvalue weighted by atomic mass is 79.9. The van der Waals surface area contributed by atoms with E-state index in [4.69, 9.17) is 0 Å². The summed E-state index contributed by atoms with van der Waals surface area (Å²) in [5.74, 6) is -0.260. The maximum Gasteiger partial charge on any atom is 0.338 e. The Morgan fingerprint density at radius 1 is 1.18 bits per heavy atom. The molecule has 2 aromatic heterocycles. The van der Waals surface area contributed by atoms with Gasteiger partial charge in [0.1, 0.15) is 0 Å². The Morgan fingerprint density at radius 3 is 2.06 bits per heavy atom. The maximum absolute atomic E-state index is 10.8. The van der Waals surface area contributed by atoms with Crippen molar-refractivity contribution >= 4 is 44.6 Å². The van der Waals surface area contributed by atoms with E-state index in [0.29, 0.717) is 5.56 Å². The number of carbonyl (C=O) groups excluding carboxylic acids is 1. The number of rotatable bonds is 1. The summed E-state index contributed by atoms with van der Waals surface area (Å²) in [4.78, 5) is 13.3. The number of esters is 1. The molecule has 92 valence electrons. The van der Waals surface area contributed by atoms with E-state index in [1.807, 2.05) is 13.0 Å². The third-order valence-electron chi connectivity index (χ3n) is 1.85. The first-order valence-corrected chi connectivity index (χ1v) is 7.42. The van der Waals surface area contributed by atoms with Crippen molar-refractivity contribution in [3.8, 4) is 0 Å². The molecule has 2 heterocycles. The van der Waals surface area contributed by atoms with E-state index in [9.17, 15) is 4.79 Å². The maximum atomic E-state index is 10.8. The summed E-state index contributed by atoms with van der Waals surface area (Å²) in [6, 6.07) is 3.92. The van der Waals surface area contributed by atoms with Crippen LogP contribution in [0.3, 0.4) is 0 Å². The highest BCUT2D eigenvalue weighted by Crippen LogP contribution is 2.17. The first-order valence-electron chi connectivity index (χ1n) is 4.87. The molecule has 5 heteroatoms. The number of hydrogen-bond acceptors (Lipinski definition) is 4. The Balaban J connectivity index is 0.000000181. The summed E-state index contributed by atoms with van der Waals surface area (Å²) < 4.78 is 5.71. The minimum atomic E-state index is -0.260. The van der Waals surface area contributed by atoms with Gasteiger partial charge in [0, 0.05) is 25.0 Å². The molecule has 0 radical (unpaired) electrons. The second-order valence-electron chi connectivity index (χ2n) is 3.31. The van der Waals surface area contributed by atoms with Crippen LogP contribution in [0.1, 0.15) is 20.1 Å². The van der Waals surface area contributed by atoms with Gasteiger partial charge in [-0.15, -0.1) is 22.7 Å². The summed E-state index contributed by atoms with van der Waals surface area (Å²) in [5, 5.41) is 3.87. The van der Waals surface area contributed by atoms with Gasteiger partial charge in [-0.05, 0) is 41.9 Å². The lowest BCUT2D eigenvalue weighted by molar-refractivity contribution is 0.0601. The molecule has 0 aromatic carbocycles. The number of thiophene rings is 2. The van der Waals surface area contributed by atoms with Crippen molar-refractivity contribution in [3.05, 3.63) is 42.7 Å². The Labute approximate surface area is 117 Å². The van der Waals surface area contributed by atoms with E-state index in [0.717, 1.165) is 4.88 Å².